The Hall–Kier alpha value is -2.09. The fourth-order valence-corrected chi connectivity index (χ4v) is 5.02. The Bertz CT molecular complexity index is 867. The second-order valence-electron chi connectivity index (χ2n) is 10.1. The van der Waals surface area contributed by atoms with Gasteiger partial charge in [-0.25, -0.2) is 4.79 Å². The summed E-state index contributed by atoms with van der Waals surface area (Å²) in [5.41, 5.74) is 8.46. The first-order valence-electron chi connectivity index (χ1n) is 12.5. The summed E-state index contributed by atoms with van der Waals surface area (Å²) < 4.78 is 5.55. The van der Waals surface area contributed by atoms with Crippen LogP contribution in [-0.2, 0) is 4.74 Å². The van der Waals surface area contributed by atoms with Gasteiger partial charge in [-0.3, -0.25) is 0 Å². The van der Waals surface area contributed by atoms with Gasteiger partial charge in [0.25, 0.3) is 0 Å². The molecule has 2 heteroatoms. The van der Waals surface area contributed by atoms with Crippen molar-refractivity contribution in [3.8, 4) is 0 Å². The van der Waals surface area contributed by atoms with Gasteiger partial charge in [0.1, 0.15) is 0 Å². The van der Waals surface area contributed by atoms with Gasteiger partial charge in [0, 0.05) is 0 Å². The summed E-state index contributed by atoms with van der Waals surface area (Å²) in [6, 6.07) is 6.01. The number of allylic oxidation sites excluding steroid dienone is 5. The largest absolute Gasteiger partial charge is 0.462 e. The summed E-state index contributed by atoms with van der Waals surface area (Å²) >= 11 is 0. The number of rotatable bonds is 11. The number of hydrogen-bond donors (Lipinski definition) is 0. The molecule has 0 heterocycles. The Kier molecular flexibility index (Phi) is 10.0. The van der Waals surface area contributed by atoms with Crippen LogP contribution in [0.4, 0.5) is 0 Å². The van der Waals surface area contributed by atoms with E-state index in [9.17, 15) is 4.79 Å². The van der Waals surface area contributed by atoms with Crippen molar-refractivity contribution in [2.45, 2.75) is 99.3 Å². The van der Waals surface area contributed by atoms with Crippen molar-refractivity contribution in [1.82, 2.24) is 0 Å². The van der Waals surface area contributed by atoms with Crippen LogP contribution in [0.3, 0.4) is 0 Å². The van der Waals surface area contributed by atoms with Crippen LogP contribution in [0.15, 0.2) is 47.6 Å². The van der Waals surface area contributed by atoms with Crippen molar-refractivity contribution in [3.63, 3.8) is 0 Å². The first-order valence-corrected chi connectivity index (χ1v) is 12.5. The quantitative estimate of drug-likeness (QED) is 0.196. The van der Waals surface area contributed by atoms with Crippen LogP contribution in [0.1, 0.15) is 114 Å². The highest BCUT2D eigenvalue weighted by molar-refractivity contribution is 5.92. The summed E-state index contributed by atoms with van der Waals surface area (Å²) in [5.74, 6) is -0.215. The molecular weight excluding hydrogens is 392 g/mol. The average molecular weight is 437 g/mol. The molecule has 0 fully saturated rings. The highest BCUT2D eigenvalue weighted by Crippen LogP contribution is 2.48. The lowest BCUT2D eigenvalue weighted by Gasteiger charge is -2.37. The van der Waals surface area contributed by atoms with Crippen molar-refractivity contribution in [1.29, 1.82) is 0 Å². The maximum absolute atomic E-state index is 12.6. The van der Waals surface area contributed by atoms with Gasteiger partial charge in [-0.05, 0) is 91.8 Å². The van der Waals surface area contributed by atoms with E-state index in [2.05, 4.69) is 54.2 Å². The zero-order valence-corrected chi connectivity index (χ0v) is 21.4. The summed E-state index contributed by atoms with van der Waals surface area (Å²) in [4.78, 5) is 12.6. The van der Waals surface area contributed by atoms with E-state index < -0.39 is 0 Å². The maximum Gasteiger partial charge on any atom is 0.338 e. The third kappa shape index (κ3) is 6.70. The molecule has 0 radical (unpaired) electrons. The van der Waals surface area contributed by atoms with E-state index in [0.717, 1.165) is 24.8 Å². The molecule has 0 saturated heterocycles. The van der Waals surface area contributed by atoms with E-state index >= 15 is 0 Å². The molecule has 0 aromatic heterocycles. The van der Waals surface area contributed by atoms with Gasteiger partial charge in [-0.15, -0.1) is 0 Å². The van der Waals surface area contributed by atoms with Crippen LogP contribution in [0.2, 0.25) is 0 Å². The lowest BCUT2D eigenvalue weighted by Crippen LogP contribution is -2.22. The lowest BCUT2D eigenvalue weighted by atomic mass is 9.67. The van der Waals surface area contributed by atoms with E-state index in [4.69, 9.17) is 4.74 Å². The predicted molar refractivity (Wildman–Crippen MR) is 138 cm³/mol. The van der Waals surface area contributed by atoms with Crippen molar-refractivity contribution in [2.75, 3.05) is 6.61 Å². The van der Waals surface area contributed by atoms with Crippen LogP contribution in [0.5, 0.6) is 0 Å². The Labute approximate surface area is 196 Å². The smallest absolute Gasteiger partial charge is 0.338 e. The number of ether oxygens (including phenoxy) is 1. The van der Waals surface area contributed by atoms with E-state index in [-0.39, 0.29) is 11.4 Å². The average Bonchev–Trinajstić information content (AvgIpc) is 2.75. The molecule has 0 unspecified atom stereocenters. The topological polar surface area (TPSA) is 26.3 Å². The zero-order valence-electron chi connectivity index (χ0n) is 21.4. The van der Waals surface area contributed by atoms with Crippen LogP contribution >= 0.6 is 0 Å². The molecule has 1 aliphatic carbocycles. The number of carbonyl (C=O) groups is 1. The SMILES string of the molecule is C=C/C(C)=C(/C1=C(C)CCCC1(C)C)c1ccc(C(=O)OCCCCCCCC)cc1C. The van der Waals surface area contributed by atoms with Crippen molar-refractivity contribution < 1.29 is 9.53 Å². The van der Waals surface area contributed by atoms with Gasteiger partial charge < -0.3 is 4.74 Å². The van der Waals surface area contributed by atoms with E-state index in [1.807, 2.05) is 18.2 Å². The Balaban J connectivity index is 2.20. The van der Waals surface area contributed by atoms with Crippen molar-refractivity contribution in [2.24, 2.45) is 5.41 Å². The van der Waals surface area contributed by atoms with Crippen LogP contribution in [0, 0.1) is 12.3 Å². The van der Waals surface area contributed by atoms with E-state index in [1.165, 1.54) is 66.4 Å². The minimum absolute atomic E-state index is 0.128. The fourth-order valence-electron chi connectivity index (χ4n) is 5.02. The van der Waals surface area contributed by atoms with Crippen LogP contribution < -0.4 is 0 Å². The minimum Gasteiger partial charge on any atom is -0.462 e. The third-order valence-electron chi connectivity index (χ3n) is 6.87. The number of hydrogen-bond acceptors (Lipinski definition) is 2. The molecule has 176 valence electrons. The Morgan fingerprint density at radius 3 is 2.44 bits per heavy atom. The predicted octanol–water partition coefficient (Wildman–Crippen LogP) is 9.00. The Morgan fingerprint density at radius 1 is 1.12 bits per heavy atom. The van der Waals surface area contributed by atoms with Crippen molar-refractivity contribution in [3.05, 3.63) is 64.3 Å². The molecule has 0 aliphatic heterocycles. The molecule has 0 N–H and O–H groups in total. The fraction of sp³-hybridized carbons (Fsp3) is 0.567. The molecule has 1 aliphatic rings. The summed E-state index contributed by atoms with van der Waals surface area (Å²) in [6.45, 7) is 18.0. The molecule has 0 atom stereocenters. The molecule has 0 amide bonds. The Morgan fingerprint density at radius 2 is 1.81 bits per heavy atom. The minimum atomic E-state index is -0.215. The molecule has 2 nitrogen and oxygen atoms in total. The number of benzene rings is 1. The third-order valence-corrected chi connectivity index (χ3v) is 6.87. The van der Waals surface area contributed by atoms with Gasteiger partial charge in [0.2, 0.25) is 0 Å². The number of aryl methyl sites for hydroxylation is 1. The van der Waals surface area contributed by atoms with Gasteiger partial charge in [-0.2, -0.15) is 0 Å². The molecule has 1 aromatic carbocycles. The number of unbranched alkanes of at least 4 members (excludes halogenated alkanes) is 5. The maximum atomic E-state index is 12.6. The summed E-state index contributed by atoms with van der Waals surface area (Å²) in [5, 5.41) is 0. The van der Waals surface area contributed by atoms with Gasteiger partial charge >= 0.3 is 5.97 Å². The summed E-state index contributed by atoms with van der Waals surface area (Å²) in [7, 11) is 0. The van der Waals surface area contributed by atoms with Crippen LogP contribution in [0.25, 0.3) is 5.57 Å². The molecule has 32 heavy (non-hydrogen) atoms. The number of esters is 1. The molecule has 0 saturated carbocycles. The molecule has 0 spiro atoms. The van der Waals surface area contributed by atoms with E-state index in [0.29, 0.717) is 12.2 Å². The normalized spacial score (nSPS) is 16.6. The lowest BCUT2D eigenvalue weighted by molar-refractivity contribution is 0.0497. The molecule has 0 bridgehead atoms. The first kappa shape index (κ1) is 26.2. The monoisotopic (exact) mass is 436 g/mol. The van der Waals surface area contributed by atoms with Gasteiger partial charge in [-0.1, -0.05) is 77.2 Å². The summed E-state index contributed by atoms with van der Waals surface area (Å²) in [6.07, 6.45) is 12.7. The first-order chi connectivity index (χ1) is 15.2. The molecular formula is C30H44O2. The standard InChI is InChI=1S/C30H44O2/c1-8-10-11-12-13-14-20-32-29(31)25-17-18-26(24(5)21-25)27(22(3)9-2)28-23(4)16-15-19-30(28,6)7/h9,17-18,21H,2,8,10-16,19-20H2,1,3-7H3/b27-22+. The highest BCUT2D eigenvalue weighted by Gasteiger charge is 2.32. The van der Waals surface area contributed by atoms with Gasteiger partial charge in [0.15, 0.2) is 0 Å². The molecule has 2 rings (SSSR count). The van der Waals surface area contributed by atoms with Crippen molar-refractivity contribution >= 4 is 11.5 Å². The number of carbonyl (C=O) groups excluding carboxylic acids is 1. The molecule has 1 aromatic rings. The van der Waals surface area contributed by atoms with Crippen LogP contribution in [-0.4, -0.2) is 12.6 Å². The van der Waals surface area contributed by atoms with Gasteiger partial charge in [0.05, 0.1) is 12.2 Å². The second-order valence-corrected chi connectivity index (χ2v) is 10.1. The zero-order chi connectivity index (χ0) is 23.7. The highest BCUT2D eigenvalue weighted by atomic mass is 16.5. The second kappa shape index (κ2) is 12.2. The van der Waals surface area contributed by atoms with E-state index in [1.54, 1.807) is 0 Å².